The lowest BCUT2D eigenvalue weighted by Gasteiger charge is -2.23. The molecule has 7 heteroatoms. The molecule has 0 fully saturated rings. The Morgan fingerprint density at radius 2 is 2.00 bits per heavy atom. The van der Waals surface area contributed by atoms with Gasteiger partial charge in [-0.05, 0) is 37.1 Å². The number of anilines is 2. The quantitative estimate of drug-likeness (QED) is 0.529. The first kappa shape index (κ1) is 17.1. The predicted molar refractivity (Wildman–Crippen MR) is 95.2 cm³/mol. The zero-order valence-corrected chi connectivity index (χ0v) is 13.9. The molecule has 0 amide bonds. The third-order valence-corrected chi connectivity index (χ3v) is 3.61. The van der Waals surface area contributed by atoms with E-state index < -0.39 is 0 Å². The van der Waals surface area contributed by atoms with Crippen LogP contribution in [0.3, 0.4) is 0 Å². The van der Waals surface area contributed by atoms with E-state index in [1.807, 2.05) is 36.1 Å². The zero-order chi connectivity index (χ0) is 16.7. The Morgan fingerprint density at radius 3 is 2.65 bits per heavy atom. The summed E-state index contributed by atoms with van der Waals surface area (Å²) in [5.74, 6) is 0.570. The zero-order valence-electron chi connectivity index (χ0n) is 13.0. The molecule has 0 aliphatic rings. The van der Waals surface area contributed by atoms with Gasteiger partial charge in [0.05, 0.1) is 0 Å². The lowest BCUT2D eigenvalue weighted by atomic mass is 10.1. The molecule has 0 aliphatic carbocycles. The van der Waals surface area contributed by atoms with Crippen LogP contribution in [0.15, 0.2) is 30.3 Å². The van der Waals surface area contributed by atoms with E-state index in [2.05, 4.69) is 33.6 Å². The fraction of sp³-hybridized carbons (Fsp3) is 0.312. The smallest absolute Gasteiger partial charge is 0.226 e. The molecule has 1 aromatic carbocycles. The van der Waals surface area contributed by atoms with E-state index >= 15 is 0 Å². The molecule has 2 aromatic rings. The Bertz CT molecular complexity index is 680. The highest BCUT2D eigenvalue weighted by Crippen LogP contribution is 2.12. The number of nitrogens with two attached hydrogens (primary N) is 1. The first-order chi connectivity index (χ1) is 11.1. The molecule has 0 saturated heterocycles. The van der Waals surface area contributed by atoms with Crippen molar-refractivity contribution in [3.8, 4) is 6.07 Å². The summed E-state index contributed by atoms with van der Waals surface area (Å²) < 4.78 is 2.83. The summed E-state index contributed by atoms with van der Waals surface area (Å²) in [6.07, 6.45) is 0.839. The van der Waals surface area contributed by atoms with Crippen LogP contribution in [0.25, 0.3) is 0 Å². The number of nitrogens with one attached hydrogen (secondary N) is 1. The molecule has 0 spiro atoms. The van der Waals surface area contributed by atoms with Crippen LogP contribution in [0.1, 0.15) is 17.0 Å². The Hall–Kier alpha value is -2.30. The van der Waals surface area contributed by atoms with Crippen LogP contribution in [0, 0.1) is 18.3 Å². The summed E-state index contributed by atoms with van der Waals surface area (Å²) in [4.78, 5) is 10.8. The summed E-state index contributed by atoms with van der Waals surface area (Å²) in [6.45, 7) is 3.99. The first-order valence-electron chi connectivity index (χ1n) is 7.34. The molecule has 0 bridgehead atoms. The van der Waals surface area contributed by atoms with E-state index in [-0.39, 0.29) is 0 Å². The molecule has 0 aliphatic heterocycles. The largest absolute Gasteiger partial charge is 0.399 e. The maximum Gasteiger partial charge on any atom is 0.226 e. The highest BCUT2D eigenvalue weighted by Gasteiger charge is 2.11. The van der Waals surface area contributed by atoms with Crippen molar-refractivity contribution in [2.75, 3.05) is 30.3 Å². The van der Waals surface area contributed by atoms with Gasteiger partial charge < -0.3 is 10.6 Å². The summed E-state index contributed by atoms with van der Waals surface area (Å²) in [5, 5.41) is 9.08. The second-order valence-corrected chi connectivity index (χ2v) is 5.51. The number of thiol groups is 1. The molecule has 0 atom stereocenters. The van der Waals surface area contributed by atoms with Gasteiger partial charge in [-0.3, -0.25) is 4.72 Å². The summed E-state index contributed by atoms with van der Waals surface area (Å²) in [5.41, 5.74) is 8.82. The number of benzene rings is 1. The maximum atomic E-state index is 9.08. The molecular formula is C16H20N6S. The molecule has 3 N–H and O–H groups in total. The molecular weight excluding hydrogens is 308 g/mol. The van der Waals surface area contributed by atoms with E-state index in [0.717, 1.165) is 24.3 Å². The number of nitrogen functional groups attached to an aromatic ring is 1. The van der Waals surface area contributed by atoms with Crippen molar-refractivity contribution in [1.82, 2.24) is 14.7 Å². The third kappa shape index (κ3) is 5.13. The molecule has 1 aromatic heterocycles. The van der Waals surface area contributed by atoms with Crippen molar-refractivity contribution in [1.29, 1.82) is 5.26 Å². The number of aromatic nitrogens is 2. The minimum absolute atomic E-state index is 0.379. The summed E-state index contributed by atoms with van der Waals surface area (Å²) in [6, 6.07) is 11.6. The van der Waals surface area contributed by atoms with E-state index in [1.165, 1.54) is 5.56 Å². The fourth-order valence-electron chi connectivity index (χ4n) is 2.20. The molecule has 23 heavy (non-hydrogen) atoms. The van der Waals surface area contributed by atoms with E-state index in [1.54, 1.807) is 6.07 Å². The molecule has 120 valence electrons. The maximum absolute atomic E-state index is 9.08. The van der Waals surface area contributed by atoms with Gasteiger partial charge >= 0.3 is 0 Å². The standard InChI is InChI=1S/C16H20N6S/c1-12-10-15(11-17)21-16(20-12)22(9-7-19-23)8-6-13-2-4-14(18)5-3-13/h2-5,10,19,23H,6-9,18H2,1H3. The van der Waals surface area contributed by atoms with Crippen LogP contribution in [-0.4, -0.2) is 29.6 Å². The van der Waals surface area contributed by atoms with Gasteiger partial charge in [0.1, 0.15) is 11.8 Å². The molecule has 6 nitrogen and oxygen atoms in total. The number of hydrogen-bond donors (Lipinski definition) is 3. The topological polar surface area (TPSA) is 90.9 Å². The Morgan fingerprint density at radius 1 is 1.26 bits per heavy atom. The van der Waals surface area contributed by atoms with Gasteiger partial charge in [-0.15, -0.1) is 0 Å². The molecule has 2 rings (SSSR count). The lowest BCUT2D eigenvalue weighted by Crippen LogP contribution is -2.33. The van der Waals surface area contributed by atoms with Crippen LogP contribution in [0.2, 0.25) is 0 Å². The number of nitrogens with zero attached hydrogens (tertiary/aromatic N) is 4. The average Bonchev–Trinajstić information content (AvgIpc) is 2.56. The highest BCUT2D eigenvalue weighted by molar-refractivity contribution is 7.78. The molecule has 0 saturated carbocycles. The van der Waals surface area contributed by atoms with Crippen LogP contribution >= 0.6 is 12.8 Å². The second kappa shape index (κ2) is 8.36. The fourth-order valence-corrected chi connectivity index (χ4v) is 2.30. The second-order valence-electron chi connectivity index (χ2n) is 5.19. The first-order valence-corrected chi connectivity index (χ1v) is 7.79. The van der Waals surface area contributed by atoms with Crippen LogP contribution in [0.5, 0.6) is 0 Å². The van der Waals surface area contributed by atoms with E-state index in [0.29, 0.717) is 24.7 Å². The van der Waals surface area contributed by atoms with Crippen molar-refractivity contribution in [2.24, 2.45) is 0 Å². The predicted octanol–water partition coefficient (Wildman–Crippen LogP) is 1.72. The monoisotopic (exact) mass is 328 g/mol. The van der Waals surface area contributed by atoms with Gasteiger partial charge in [0.15, 0.2) is 0 Å². The molecule has 1 heterocycles. The Labute approximate surface area is 141 Å². The van der Waals surface area contributed by atoms with Crippen molar-refractivity contribution < 1.29 is 0 Å². The van der Waals surface area contributed by atoms with Crippen molar-refractivity contribution in [3.05, 3.63) is 47.3 Å². The van der Waals surface area contributed by atoms with Crippen molar-refractivity contribution in [2.45, 2.75) is 13.3 Å². The van der Waals surface area contributed by atoms with Crippen molar-refractivity contribution >= 4 is 24.5 Å². The molecule has 0 radical (unpaired) electrons. The van der Waals surface area contributed by atoms with Gasteiger partial charge in [-0.2, -0.15) is 5.26 Å². The minimum atomic E-state index is 0.379. The molecule has 0 unspecified atom stereocenters. The Kier molecular flexibility index (Phi) is 6.20. The van der Waals surface area contributed by atoms with Gasteiger partial charge in [0, 0.05) is 31.0 Å². The summed E-state index contributed by atoms with van der Waals surface area (Å²) >= 11 is 4.03. The normalized spacial score (nSPS) is 10.3. The summed E-state index contributed by atoms with van der Waals surface area (Å²) in [7, 11) is 0. The number of rotatable bonds is 7. The number of aryl methyl sites for hydroxylation is 1. The number of nitriles is 1. The Balaban J connectivity index is 2.14. The van der Waals surface area contributed by atoms with Crippen LogP contribution in [0.4, 0.5) is 11.6 Å². The van der Waals surface area contributed by atoms with Gasteiger partial charge in [-0.1, -0.05) is 24.9 Å². The average molecular weight is 328 g/mol. The van der Waals surface area contributed by atoms with Gasteiger partial charge in [0.25, 0.3) is 0 Å². The number of hydrogen-bond acceptors (Lipinski definition) is 7. The third-order valence-electron chi connectivity index (χ3n) is 3.38. The van der Waals surface area contributed by atoms with Crippen molar-refractivity contribution in [3.63, 3.8) is 0 Å². The van der Waals surface area contributed by atoms with E-state index in [9.17, 15) is 0 Å². The lowest BCUT2D eigenvalue weighted by molar-refractivity contribution is 0.733. The highest BCUT2D eigenvalue weighted by atomic mass is 32.1. The van der Waals surface area contributed by atoms with Crippen LogP contribution in [-0.2, 0) is 6.42 Å². The van der Waals surface area contributed by atoms with Gasteiger partial charge in [0.2, 0.25) is 5.95 Å². The van der Waals surface area contributed by atoms with E-state index in [4.69, 9.17) is 11.0 Å². The van der Waals surface area contributed by atoms with Crippen LogP contribution < -0.4 is 15.4 Å². The SMILES string of the molecule is Cc1cc(C#N)nc(N(CCNS)CCc2ccc(N)cc2)n1. The minimum Gasteiger partial charge on any atom is -0.399 e. The van der Waals surface area contributed by atoms with Gasteiger partial charge in [-0.25, -0.2) is 9.97 Å².